The van der Waals surface area contributed by atoms with E-state index < -0.39 is 17.6 Å². The zero-order chi connectivity index (χ0) is 17.0. The molecule has 2 N–H and O–H groups in total. The second kappa shape index (κ2) is 7.12. The van der Waals surface area contributed by atoms with Crippen LogP contribution in [0.3, 0.4) is 0 Å². The Balaban J connectivity index is 1.99. The van der Waals surface area contributed by atoms with E-state index in [-0.39, 0.29) is 12.0 Å². The molecule has 0 saturated heterocycles. The third kappa shape index (κ3) is 4.10. The minimum Gasteiger partial charge on any atom is -0.479 e. The fourth-order valence-corrected chi connectivity index (χ4v) is 2.61. The average Bonchev–Trinajstić information content (AvgIpc) is 3.15. The molecule has 7 heteroatoms. The van der Waals surface area contributed by atoms with Crippen LogP contribution in [0.4, 0.5) is 5.69 Å². The number of hydrogen-bond donors (Lipinski definition) is 2. The van der Waals surface area contributed by atoms with Gasteiger partial charge < -0.3 is 15.2 Å². The van der Waals surface area contributed by atoms with Gasteiger partial charge in [-0.25, -0.2) is 4.79 Å². The summed E-state index contributed by atoms with van der Waals surface area (Å²) < 4.78 is 7.20. The first kappa shape index (κ1) is 17.5. The molecule has 1 aromatic heterocycles. The molecule has 1 heterocycles. The van der Waals surface area contributed by atoms with Gasteiger partial charge in [0.15, 0.2) is 5.54 Å². The van der Waals surface area contributed by atoms with Crippen LogP contribution in [0.5, 0.6) is 0 Å². The zero-order valence-corrected chi connectivity index (χ0v) is 13.9. The van der Waals surface area contributed by atoms with Crippen molar-refractivity contribution >= 4 is 17.6 Å². The summed E-state index contributed by atoms with van der Waals surface area (Å²) in [6.45, 7) is 5.01. The molecule has 0 aromatic carbocycles. The normalized spacial score (nSPS) is 17.2. The zero-order valence-electron chi connectivity index (χ0n) is 13.9. The summed E-state index contributed by atoms with van der Waals surface area (Å²) in [5.41, 5.74) is -0.703. The quantitative estimate of drug-likeness (QED) is 0.803. The Labute approximate surface area is 136 Å². The third-order valence-corrected chi connectivity index (χ3v) is 4.27. The maximum atomic E-state index is 12.3. The highest BCUT2D eigenvalue weighted by Gasteiger charge is 2.31. The summed E-state index contributed by atoms with van der Waals surface area (Å²) in [5.74, 6) is -1.21. The van der Waals surface area contributed by atoms with Crippen LogP contribution in [-0.2, 0) is 19.9 Å². The number of rotatable bonds is 7. The number of carboxylic acid groups (broad SMARTS) is 1. The highest BCUT2D eigenvalue weighted by atomic mass is 16.5. The lowest BCUT2D eigenvalue weighted by Gasteiger charge is -2.20. The van der Waals surface area contributed by atoms with E-state index in [1.165, 1.54) is 17.1 Å². The van der Waals surface area contributed by atoms with Crippen molar-refractivity contribution in [2.24, 2.45) is 0 Å². The van der Waals surface area contributed by atoms with E-state index in [2.05, 4.69) is 10.4 Å². The van der Waals surface area contributed by atoms with Crippen molar-refractivity contribution in [3.05, 3.63) is 12.4 Å². The van der Waals surface area contributed by atoms with Crippen LogP contribution >= 0.6 is 0 Å². The van der Waals surface area contributed by atoms with Gasteiger partial charge in [-0.2, -0.15) is 5.10 Å². The monoisotopic (exact) mass is 323 g/mol. The van der Waals surface area contributed by atoms with E-state index >= 15 is 0 Å². The van der Waals surface area contributed by atoms with Crippen LogP contribution in [0.2, 0.25) is 0 Å². The molecule has 1 aromatic rings. The number of aromatic nitrogens is 2. The van der Waals surface area contributed by atoms with Gasteiger partial charge in [-0.1, -0.05) is 19.8 Å². The number of carbonyl (C=O) groups is 2. The number of amides is 1. The van der Waals surface area contributed by atoms with Gasteiger partial charge in [-0.15, -0.1) is 0 Å². The highest BCUT2D eigenvalue weighted by molar-refractivity contribution is 5.94. The van der Waals surface area contributed by atoms with E-state index in [4.69, 9.17) is 4.74 Å². The molecule has 0 spiro atoms. The molecule has 1 unspecified atom stereocenters. The van der Waals surface area contributed by atoms with Gasteiger partial charge in [0.1, 0.15) is 6.10 Å². The van der Waals surface area contributed by atoms with Crippen molar-refractivity contribution in [2.75, 3.05) is 5.32 Å². The fourth-order valence-electron chi connectivity index (χ4n) is 2.61. The van der Waals surface area contributed by atoms with Crippen molar-refractivity contribution < 1.29 is 19.4 Å². The molecule has 0 radical (unpaired) electrons. The molecule has 1 fully saturated rings. The Kier molecular flexibility index (Phi) is 5.41. The number of nitrogens with one attached hydrogen (secondary N) is 1. The Bertz CT molecular complexity index is 561. The van der Waals surface area contributed by atoms with E-state index in [0.717, 1.165) is 25.7 Å². The van der Waals surface area contributed by atoms with Crippen LogP contribution < -0.4 is 5.32 Å². The van der Waals surface area contributed by atoms with E-state index in [0.29, 0.717) is 12.1 Å². The Morgan fingerprint density at radius 3 is 2.70 bits per heavy atom. The minimum atomic E-state index is -1.17. The number of hydrogen-bond acceptors (Lipinski definition) is 4. The third-order valence-electron chi connectivity index (χ3n) is 4.27. The molecule has 1 amide bonds. The van der Waals surface area contributed by atoms with Crippen LogP contribution in [0.15, 0.2) is 12.4 Å². The lowest BCUT2D eigenvalue weighted by atomic mass is 10.1. The van der Waals surface area contributed by atoms with Crippen LogP contribution in [-0.4, -0.2) is 39.0 Å². The van der Waals surface area contributed by atoms with Crippen LogP contribution in [0, 0.1) is 0 Å². The molecule has 2 rings (SSSR count). The van der Waals surface area contributed by atoms with Crippen molar-refractivity contribution in [3.63, 3.8) is 0 Å². The van der Waals surface area contributed by atoms with Gasteiger partial charge in [0.05, 0.1) is 18.0 Å². The van der Waals surface area contributed by atoms with E-state index in [9.17, 15) is 14.7 Å². The highest BCUT2D eigenvalue weighted by Crippen LogP contribution is 2.23. The van der Waals surface area contributed by atoms with Crippen molar-refractivity contribution in [1.29, 1.82) is 0 Å². The van der Waals surface area contributed by atoms with Crippen molar-refractivity contribution in [2.45, 2.75) is 70.6 Å². The predicted molar refractivity (Wildman–Crippen MR) is 85.2 cm³/mol. The standard InChI is InChI=1S/C16H25N3O4/c1-4-13(23-12-7-5-6-8-12)14(20)18-11-9-17-19(10-11)16(2,3)15(21)22/h9-10,12-13H,4-8H2,1-3H3,(H,18,20)(H,21,22). The summed E-state index contributed by atoms with van der Waals surface area (Å²) in [4.78, 5) is 23.6. The smallest absolute Gasteiger partial charge is 0.331 e. The number of ether oxygens (including phenoxy) is 1. The van der Waals surface area contributed by atoms with Gasteiger partial charge >= 0.3 is 5.97 Å². The number of anilines is 1. The first-order valence-electron chi connectivity index (χ1n) is 8.09. The summed E-state index contributed by atoms with van der Waals surface area (Å²) >= 11 is 0. The molecule has 128 valence electrons. The van der Waals surface area contributed by atoms with Gasteiger partial charge in [0.25, 0.3) is 5.91 Å². The first-order valence-corrected chi connectivity index (χ1v) is 8.09. The molecule has 1 aliphatic rings. The molecule has 7 nitrogen and oxygen atoms in total. The predicted octanol–water partition coefficient (Wildman–Crippen LogP) is 2.38. The number of carboxylic acids is 1. The molecular weight excluding hydrogens is 298 g/mol. The SMILES string of the molecule is CCC(OC1CCCC1)C(=O)Nc1cnn(C(C)(C)C(=O)O)c1. The summed E-state index contributed by atoms with van der Waals surface area (Å²) in [6, 6.07) is 0. The molecule has 1 aliphatic carbocycles. The molecule has 0 aliphatic heterocycles. The van der Waals surface area contributed by atoms with Gasteiger partial charge in [0, 0.05) is 6.20 Å². The average molecular weight is 323 g/mol. The summed E-state index contributed by atoms with van der Waals surface area (Å²) in [6.07, 6.45) is 7.56. The van der Waals surface area contributed by atoms with E-state index in [1.54, 1.807) is 13.8 Å². The first-order chi connectivity index (χ1) is 10.8. The van der Waals surface area contributed by atoms with Crippen LogP contribution in [0.25, 0.3) is 0 Å². The summed E-state index contributed by atoms with van der Waals surface area (Å²) in [5, 5.41) is 16.0. The fraction of sp³-hybridized carbons (Fsp3) is 0.688. The molecular formula is C16H25N3O4. The minimum absolute atomic E-state index is 0.166. The Hall–Kier alpha value is -1.89. The van der Waals surface area contributed by atoms with E-state index in [1.807, 2.05) is 6.92 Å². The molecule has 23 heavy (non-hydrogen) atoms. The topological polar surface area (TPSA) is 93.5 Å². The second-order valence-corrected chi connectivity index (χ2v) is 6.47. The molecule has 0 bridgehead atoms. The Morgan fingerprint density at radius 1 is 1.48 bits per heavy atom. The van der Waals surface area contributed by atoms with Crippen molar-refractivity contribution in [1.82, 2.24) is 9.78 Å². The number of nitrogens with zero attached hydrogens (tertiary/aromatic N) is 2. The lowest BCUT2D eigenvalue weighted by Crippen LogP contribution is -2.36. The maximum absolute atomic E-state index is 12.3. The van der Waals surface area contributed by atoms with Crippen LogP contribution in [0.1, 0.15) is 52.9 Å². The molecule has 1 saturated carbocycles. The maximum Gasteiger partial charge on any atom is 0.331 e. The number of aliphatic carboxylic acids is 1. The van der Waals surface area contributed by atoms with Crippen molar-refractivity contribution in [3.8, 4) is 0 Å². The van der Waals surface area contributed by atoms with Gasteiger partial charge in [-0.05, 0) is 33.1 Å². The second-order valence-electron chi connectivity index (χ2n) is 6.47. The van der Waals surface area contributed by atoms with Gasteiger partial charge in [-0.3, -0.25) is 9.48 Å². The largest absolute Gasteiger partial charge is 0.479 e. The lowest BCUT2D eigenvalue weighted by molar-refractivity contribution is -0.146. The molecule has 1 atom stereocenters. The summed E-state index contributed by atoms with van der Waals surface area (Å²) in [7, 11) is 0. The number of carbonyl (C=O) groups excluding carboxylic acids is 1. The van der Waals surface area contributed by atoms with Gasteiger partial charge in [0.2, 0.25) is 0 Å². The Morgan fingerprint density at radius 2 is 2.13 bits per heavy atom.